The van der Waals surface area contributed by atoms with Crippen LogP contribution >= 0.6 is 28.1 Å². The summed E-state index contributed by atoms with van der Waals surface area (Å²) in [5, 5.41) is 3.62. The maximum Gasteiger partial charge on any atom is 0.105 e. The largest absolute Gasteiger partial charge is 0.389 e. The van der Waals surface area contributed by atoms with Gasteiger partial charge in [-0.2, -0.15) is 0 Å². The molecule has 1 saturated carbocycles. The van der Waals surface area contributed by atoms with E-state index in [0.717, 1.165) is 15.7 Å². The lowest BCUT2D eigenvalue weighted by Gasteiger charge is -2.29. The number of anilines is 1. The van der Waals surface area contributed by atoms with E-state index in [1.54, 1.807) is 0 Å². The molecule has 1 atom stereocenters. The Morgan fingerprint density at radius 2 is 2.22 bits per heavy atom. The Hall–Kier alpha value is -0.610. The van der Waals surface area contributed by atoms with Crippen LogP contribution < -0.4 is 11.1 Å². The van der Waals surface area contributed by atoms with E-state index in [4.69, 9.17) is 18.0 Å². The quantitative estimate of drug-likeness (QED) is 0.822. The normalized spacial score (nSPS) is 21.8. The summed E-state index contributed by atoms with van der Waals surface area (Å²) >= 11 is 8.52. The zero-order valence-corrected chi connectivity index (χ0v) is 13.2. The van der Waals surface area contributed by atoms with Gasteiger partial charge in [-0.25, -0.2) is 0 Å². The summed E-state index contributed by atoms with van der Waals surface area (Å²) in [4.78, 5) is 0.426. The summed E-state index contributed by atoms with van der Waals surface area (Å²) < 4.78 is 0.954. The third kappa shape index (κ3) is 2.86. The lowest BCUT2D eigenvalue weighted by atomic mass is 9.87. The van der Waals surface area contributed by atoms with Crippen molar-refractivity contribution in [3.05, 3.63) is 28.2 Å². The van der Waals surface area contributed by atoms with E-state index in [0.29, 0.717) is 16.4 Å². The minimum absolute atomic E-state index is 0.369. The standard InChI is InChI=1S/C14H19BrN2S/c1-14(2)7-3-4-12(14)17-9-5-6-10(13(16)18)11(15)8-9/h5-6,8,12,17H,3-4,7H2,1-2H3,(H2,16,18). The summed E-state index contributed by atoms with van der Waals surface area (Å²) in [5.41, 5.74) is 8.04. The average Bonchev–Trinajstić information content (AvgIpc) is 2.58. The second-order valence-corrected chi connectivity index (χ2v) is 6.93. The van der Waals surface area contributed by atoms with Crippen LogP contribution in [0.1, 0.15) is 38.7 Å². The van der Waals surface area contributed by atoms with E-state index in [2.05, 4.69) is 41.2 Å². The zero-order valence-electron chi connectivity index (χ0n) is 10.8. The predicted octanol–water partition coefficient (Wildman–Crippen LogP) is 4.07. The highest BCUT2D eigenvalue weighted by atomic mass is 79.9. The van der Waals surface area contributed by atoms with E-state index >= 15 is 0 Å². The summed E-state index contributed by atoms with van der Waals surface area (Å²) in [6, 6.07) is 6.62. The van der Waals surface area contributed by atoms with Crippen molar-refractivity contribution in [2.24, 2.45) is 11.1 Å². The fourth-order valence-electron chi connectivity index (χ4n) is 2.60. The topological polar surface area (TPSA) is 38.0 Å². The second kappa shape index (κ2) is 5.17. The van der Waals surface area contributed by atoms with Crippen LogP contribution in [0.3, 0.4) is 0 Å². The fourth-order valence-corrected chi connectivity index (χ4v) is 3.50. The predicted molar refractivity (Wildman–Crippen MR) is 85.1 cm³/mol. The maximum absolute atomic E-state index is 5.65. The van der Waals surface area contributed by atoms with Gasteiger partial charge >= 0.3 is 0 Å². The Morgan fingerprint density at radius 1 is 1.50 bits per heavy atom. The SMILES string of the molecule is CC1(C)CCCC1Nc1ccc(C(N)=S)c(Br)c1. The number of hydrogen-bond donors (Lipinski definition) is 2. The molecule has 2 rings (SSSR count). The molecule has 0 radical (unpaired) electrons. The van der Waals surface area contributed by atoms with Crippen LogP contribution in [0.4, 0.5) is 5.69 Å². The molecule has 1 fully saturated rings. The highest BCUT2D eigenvalue weighted by Crippen LogP contribution is 2.39. The van der Waals surface area contributed by atoms with E-state index in [9.17, 15) is 0 Å². The maximum atomic E-state index is 5.65. The first-order valence-electron chi connectivity index (χ1n) is 6.26. The third-order valence-corrected chi connectivity index (χ3v) is 4.71. The summed E-state index contributed by atoms with van der Waals surface area (Å²) in [5.74, 6) is 0. The van der Waals surface area contributed by atoms with Crippen molar-refractivity contribution in [1.82, 2.24) is 0 Å². The van der Waals surface area contributed by atoms with Crippen LogP contribution in [-0.2, 0) is 0 Å². The van der Waals surface area contributed by atoms with Crippen LogP contribution in [-0.4, -0.2) is 11.0 Å². The lowest BCUT2D eigenvalue weighted by Crippen LogP contribution is -2.30. The molecule has 1 aliphatic carbocycles. The van der Waals surface area contributed by atoms with Gasteiger partial charge < -0.3 is 11.1 Å². The van der Waals surface area contributed by atoms with E-state index in [-0.39, 0.29) is 0 Å². The first kappa shape index (κ1) is 13.8. The first-order valence-corrected chi connectivity index (χ1v) is 7.46. The Kier molecular flexibility index (Phi) is 3.97. The van der Waals surface area contributed by atoms with Gasteiger partial charge in [0.2, 0.25) is 0 Å². The Bertz CT molecular complexity index is 471. The Labute approximate surface area is 122 Å². The van der Waals surface area contributed by atoms with Gasteiger partial charge in [-0.05, 0) is 52.4 Å². The van der Waals surface area contributed by atoms with Crippen LogP contribution in [0.5, 0.6) is 0 Å². The van der Waals surface area contributed by atoms with E-state index in [1.807, 2.05) is 12.1 Å². The lowest BCUT2D eigenvalue weighted by molar-refractivity contribution is 0.350. The molecule has 0 heterocycles. The average molecular weight is 327 g/mol. The van der Waals surface area contributed by atoms with Gasteiger partial charge in [0.25, 0.3) is 0 Å². The third-order valence-electron chi connectivity index (χ3n) is 3.83. The number of thiocarbonyl (C=S) groups is 1. The monoisotopic (exact) mass is 326 g/mol. The second-order valence-electron chi connectivity index (χ2n) is 5.64. The first-order chi connectivity index (χ1) is 8.40. The van der Waals surface area contributed by atoms with Gasteiger partial charge in [-0.3, -0.25) is 0 Å². The molecule has 0 aromatic heterocycles. The van der Waals surface area contributed by atoms with Gasteiger partial charge in [-0.1, -0.05) is 32.5 Å². The van der Waals surface area contributed by atoms with Crippen LogP contribution in [0.25, 0.3) is 0 Å². The molecule has 1 aromatic rings. The summed E-state index contributed by atoms with van der Waals surface area (Å²) in [6.07, 6.45) is 3.83. The van der Waals surface area contributed by atoms with Crippen molar-refractivity contribution in [1.29, 1.82) is 0 Å². The van der Waals surface area contributed by atoms with E-state index in [1.165, 1.54) is 19.3 Å². The van der Waals surface area contributed by atoms with E-state index < -0.39 is 0 Å². The van der Waals surface area contributed by atoms with Gasteiger partial charge in [0.05, 0.1) is 0 Å². The molecule has 0 saturated heterocycles. The van der Waals surface area contributed by atoms with Crippen LogP contribution in [0.15, 0.2) is 22.7 Å². The number of nitrogens with one attached hydrogen (secondary N) is 1. The molecule has 0 amide bonds. The molecule has 0 bridgehead atoms. The Balaban J connectivity index is 2.16. The molecule has 18 heavy (non-hydrogen) atoms. The van der Waals surface area contributed by atoms with Gasteiger partial charge in [0.1, 0.15) is 4.99 Å². The number of nitrogens with two attached hydrogens (primary N) is 1. The van der Waals surface area contributed by atoms with Crippen LogP contribution in [0.2, 0.25) is 0 Å². The van der Waals surface area contributed by atoms with Gasteiger partial charge in [0.15, 0.2) is 0 Å². The molecular formula is C14H19BrN2S. The molecule has 0 spiro atoms. The smallest absolute Gasteiger partial charge is 0.105 e. The molecular weight excluding hydrogens is 308 g/mol. The minimum atomic E-state index is 0.369. The molecule has 1 aromatic carbocycles. The van der Waals surface area contributed by atoms with Gasteiger partial charge in [-0.15, -0.1) is 0 Å². The number of rotatable bonds is 3. The number of halogens is 1. The highest BCUT2D eigenvalue weighted by Gasteiger charge is 2.34. The zero-order chi connectivity index (χ0) is 13.3. The molecule has 4 heteroatoms. The van der Waals surface area contributed by atoms with Gasteiger partial charge in [0, 0.05) is 21.8 Å². The van der Waals surface area contributed by atoms with Crippen molar-refractivity contribution in [2.75, 3.05) is 5.32 Å². The Morgan fingerprint density at radius 3 is 2.72 bits per heavy atom. The summed E-state index contributed by atoms with van der Waals surface area (Å²) in [6.45, 7) is 4.66. The molecule has 2 nitrogen and oxygen atoms in total. The summed E-state index contributed by atoms with van der Waals surface area (Å²) in [7, 11) is 0. The van der Waals surface area contributed by atoms with Crippen LogP contribution in [0, 0.1) is 5.41 Å². The van der Waals surface area contributed by atoms with Crippen molar-refractivity contribution in [3.8, 4) is 0 Å². The fraction of sp³-hybridized carbons (Fsp3) is 0.500. The molecule has 3 N–H and O–H groups in total. The minimum Gasteiger partial charge on any atom is -0.389 e. The molecule has 0 aliphatic heterocycles. The molecule has 1 unspecified atom stereocenters. The number of benzene rings is 1. The number of hydrogen-bond acceptors (Lipinski definition) is 2. The van der Waals surface area contributed by atoms with Crippen molar-refractivity contribution in [3.63, 3.8) is 0 Å². The molecule has 1 aliphatic rings. The van der Waals surface area contributed by atoms with Crippen molar-refractivity contribution >= 4 is 38.8 Å². The van der Waals surface area contributed by atoms with Crippen molar-refractivity contribution in [2.45, 2.75) is 39.2 Å². The molecule has 98 valence electrons. The highest BCUT2D eigenvalue weighted by molar-refractivity contribution is 9.10. The van der Waals surface area contributed by atoms with Crippen molar-refractivity contribution < 1.29 is 0 Å².